The van der Waals surface area contributed by atoms with E-state index in [9.17, 15) is 8.78 Å². The first-order chi connectivity index (χ1) is 36.0. The van der Waals surface area contributed by atoms with Crippen LogP contribution in [0.3, 0.4) is 0 Å². The first kappa shape index (κ1) is 53.4. The molecule has 0 saturated carbocycles. The maximum absolute atomic E-state index is 16.7. The van der Waals surface area contributed by atoms with Crippen LogP contribution in [0.4, 0.5) is 79.0 Å². The summed E-state index contributed by atoms with van der Waals surface area (Å²) in [6.07, 6.45) is 0. The maximum Gasteiger partial charge on any atom is 0.257 e. The van der Waals surface area contributed by atoms with Gasteiger partial charge in [-0.15, -0.1) is 0 Å². The van der Waals surface area contributed by atoms with Gasteiger partial charge in [0.1, 0.15) is 0 Å². The minimum atomic E-state index is -2.82. The summed E-state index contributed by atoms with van der Waals surface area (Å²) in [6.45, 7) is 1.56. The van der Waals surface area contributed by atoms with Crippen LogP contribution in [0.1, 0.15) is 52.7 Å². The molecule has 9 aromatic carbocycles. The zero-order valence-electron chi connectivity index (χ0n) is 40.3. The van der Waals surface area contributed by atoms with E-state index in [4.69, 9.17) is 0 Å². The van der Waals surface area contributed by atoms with Crippen molar-refractivity contribution in [1.29, 1.82) is 0 Å². The lowest BCUT2D eigenvalue weighted by molar-refractivity contribution is 0.384. The van der Waals surface area contributed by atoms with E-state index in [-0.39, 0.29) is 47.8 Å². The molecule has 0 fully saturated rings. The molecule has 9 aromatic rings. The van der Waals surface area contributed by atoms with Crippen molar-refractivity contribution in [3.8, 4) is 11.1 Å². The third-order valence-corrected chi connectivity index (χ3v) is 15.0. The Labute approximate surface area is 429 Å². The molecule has 0 atom stereocenters. The van der Waals surface area contributed by atoms with Gasteiger partial charge in [-0.25, -0.2) is 79.0 Å². The fraction of sp³-hybridized carbons (Fsp3) is 0.143. The number of halogens is 18. The Kier molecular flexibility index (Phi) is 12.7. The highest BCUT2D eigenvalue weighted by molar-refractivity contribution is 7.99. The van der Waals surface area contributed by atoms with Crippen LogP contribution in [0.15, 0.2) is 82.6 Å². The highest BCUT2D eigenvalue weighted by Crippen LogP contribution is 2.50. The molecule has 0 aliphatic carbocycles. The van der Waals surface area contributed by atoms with E-state index in [2.05, 4.69) is 0 Å². The summed E-state index contributed by atoms with van der Waals surface area (Å²) in [5.41, 5.74) is -13.5. The van der Waals surface area contributed by atoms with Crippen molar-refractivity contribution < 1.29 is 79.0 Å². The van der Waals surface area contributed by atoms with Gasteiger partial charge in [-0.2, -0.15) is 0 Å². The maximum atomic E-state index is 16.7. The van der Waals surface area contributed by atoms with E-state index in [1.54, 1.807) is 0 Å². The van der Waals surface area contributed by atoms with Gasteiger partial charge < -0.3 is 0 Å². The van der Waals surface area contributed by atoms with Gasteiger partial charge in [-0.1, -0.05) is 125 Å². The van der Waals surface area contributed by atoms with Crippen LogP contribution < -0.4 is 32.8 Å². The van der Waals surface area contributed by atoms with Gasteiger partial charge in [0.25, 0.3) is 13.4 Å². The van der Waals surface area contributed by atoms with E-state index in [1.807, 2.05) is 0 Å². The molecule has 77 heavy (non-hydrogen) atoms. The Morgan fingerprint density at radius 2 is 0.688 bits per heavy atom. The van der Waals surface area contributed by atoms with Crippen molar-refractivity contribution >= 4 is 90.3 Å². The second-order valence-electron chi connectivity index (χ2n) is 20.5. The zero-order chi connectivity index (χ0) is 56.1. The summed E-state index contributed by atoms with van der Waals surface area (Å²) in [7, 11) is 0. The molecule has 0 amide bonds. The number of hydrogen-bond acceptors (Lipinski definition) is 1. The predicted molar refractivity (Wildman–Crippen MR) is 260 cm³/mol. The van der Waals surface area contributed by atoms with Gasteiger partial charge in [-0.3, -0.25) is 0 Å². The highest BCUT2D eigenvalue weighted by Gasteiger charge is 2.45. The summed E-state index contributed by atoms with van der Waals surface area (Å²) in [5, 5.41) is 0.595. The van der Waals surface area contributed by atoms with E-state index < -0.39 is 173 Å². The van der Waals surface area contributed by atoms with Gasteiger partial charge in [0.15, 0.2) is 105 Å². The number of hydrogen-bond donors (Lipinski definition) is 0. The van der Waals surface area contributed by atoms with Crippen LogP contribution >= 0.6 is 11.8 Å². The molecule has 0 unspecified atom stereocenters. The van der Waals surface area contributed by atoms with E-state index in [1.165, 1.54) is 96.1 Å². The lowest BCUT2D eigenvalue weighted by atomic mass is 9.35. The van der Waals surface area contributed by atoms with E-state index in [0.717, 1.165) is 30.0 Å². The van der Waals surface area contributed by atoms with Gasteiger partial charge >= 0.3 is 0 Å². The lowest BCUT2D eigenvalue weighted by Crippen LogP contribution is -2.58. The Bertz CT molecular complexity index is 3990. The minimum Gasteiger partial charge on any atom is -0.204 e. The quantitative estimate of drug-likeness (QED) is 0.0526. The van der Waals surface area contributed by atoms with Gasteiger partial charge in [0.2, 0.25) is 0 Å². The average Bonchev–Trinajstić information content (AvgIpc) is 3.40. The molecule has 1 aliphatic heterocycles. The molecule has 0 aromatic heterocycles. The largest absolute Gasteiger partial charge is 0.257 e. The molecule has 0 nitrogen and oxygen atoms in total. The molecule has 1 aliphatic rings. The Balaban J connectivity index is 1.27. The molecular weight excluding hydrogens is 1070 g/mol. The SMILES string of the molecule is CC(C)(C)c1c(F)c(F)c(B(c2ccc3c(c2)Sc2cccc4c2c-3cc2c3ccccc3c(B(c3c(F)c(F)c(F)c(F)c3F)c3c(F)c(F)c(C(C)(C)C)c(F)c3F)cc42)c2c(F)c(F)c(F)c(F)c2F)c(F)c1F. The van der Waals surface area contributed by atoms with Crippen molar-refractivity contribution in [3.63, 3.8) is 0 Å². The highest BCUT2D eigenvalue weighted by atomic mass is 32.2. The van der Waals surface area contributed by atoms with Crippen molar-refractivity contribution in [2.75, 3.05) is 0 Å². The molecular formula is C56H30B2F18S. The number of rotatable bonds is 6. The second kappa shape index (κ2) is 18.3. The topological polar surface area (TPSA) is 0 Å². The summed E-state index contributed by atoms with van der Waals surface area (Å²) in [4.78, 5) is 0.329. The Hall–Kier alpha value is -7.02. The van der Waals surface area contributed by atoms with Crippen molar-refractivity contribution in [2.24, 2.45) is 0 Å². The number of fused-ring (bicyclic) bond motifs is 6. The van der Waals surface area contributed by atoms with Crippen molar-refractivity contribution in [3.05, 3.63) is 189 Å². The zero-order valence-corrected chi connectivity index (χ0v) is 41.1. The van der Waals surface area contributed by atoms with Crippen LogP contribution in [-0.4, -0.2) is 13.4 Å². The van der Waals surface area contributed by atoms with Crippen LogP contribution in [0, 0.1) is 105 Å². The molecule has 10 rings (SSSR count). The fourth-order valence-electron chi connectivity index (χ4n) is 10.5. The first-order valence-corrected chi connectivity index (χ1v) is 23.8. The molecule has 0 saturated heterocycles. The Morgan fingerprint density at radius 1 is 0.312 bits per heavy atom. The second-order valence-corrected chi connectivity index (χ2v) is 21.6. The molecule has 392 valence electrons. The summed E-state index contributed by atoms with van der Waals surface area (Å²) in [5.74, 6) is -42.7. The average molecular weight is 1100 g/mol. The standard InChI is InChI=1S/C56H30B2F18S/c1-55(2,3)31-37(59)41(63)33(42(64)38(31)60)57(34-45(67)49(71)53(75)50(72)46(34)68)19-14-15-22-26-17-24-20-10-7-8-11-21(20)27(18-25(24)23-12-9-13-28(30(23)26)77-29(22)16-19)58(36-47(69)51(73)54(76)52(74)48(36)70)35-43(65)39(61)32(56(4,5)6)40(62)44(35)66/h7-18H,1-6H3. The predicted octanol–water partition coefficient (Wildman–Crippen LogP) is 13.4. The van der Waals surface area contributed by atoms with Gasteiger partial charge in [0, 0.05) is 48.2 Å². The Morgan fingerprint density at radius 3 is 1.13 bits per heavy atom. The lowest BCUT2D eigenvalue weighted by Gasteiger charge is -2.27. The summed E-state index contributed by atoms with van der Waals surface area (Å²) in [6, 6.07) is 15.6. The normalized spacial score (nSPS) is 12.6. The first-order valence-electron chi connectivity index (χ1n) is 23.0. The van der Waals surface area contributed by atoms with E-state index in [0.29, 0.717) is 5.39 Å². The molecule has 0 bridgehead atoms. The van der Waals surface area contributed by atoms with Gasteiger partial charge in [0.05, 0.1) is 0 Å². The summed E-state index contributed by atoms with van der Waals surface area (Å²) < 4.78 is 284. The number of benzene rings is 9. The third kappa shape index (κ3) is 7.82. The van der Waals surface area contributed by atoms with Gasteiger partial charge in [-0.05, 0) is 61.0 Å². The monoisotopic (exact) mass is 1100 g/mol. The minimum absolute atomic E-state index is 0.0435. The molecule has 0 spiro atoms. The summed E-state index contributed by atoms with van der Waals surface area (Å²) >= 11 is 0.838. The smallest absolute Gasteiger partial charge is 0.204 e. The third-order valence-electron chi connectivity index (χ3n) is 13.9. The fourth-order valence-corrected chi connectivity index (χ4v) is 11.7. The van der Waals surface area contributed by atoms with Crippen LogP contribution in [0.2, 0.25) is 0 Å². The van der Waals surface area contributed by atoms with Crippen LogP contribution in [-0.2, 0) is 10.8 Å². The van der Waals surface area contributed by atoms with E-state index >= 15 is 70.2 Å². The van der Waals surface area contributed by atoms with Crippen LogP contribution in [0.5, 0.6) is 0 Å². The molecule has 1 heterocycles. The van der Waals surface area contributed by atoms with Crippen molar-refractivity contribution in [1.82, 2.24) is 0 Å². The molecule has 21 heteroatoms. The van der Waals surface area contributed by atoms with Crippen LogP contribution in [0.25, 0.3) is 43.4 Å². The van der Waals surface area contributed by atoms with Crippen molar-refractivity contribution in [2.45, 2.75) is 62.2 Å². The molecule has 0 N–H and O–H groups in total. The molecule has 0 radical (unpaired) electrons.